The number of rotatable bonds is 4. The van der Waals surface area contributed by atoms with Crippen molar-refractivity contribution in [2.75, 3.05) is 12.3 Å². The molecule has 0 bridgehead atoms. The molecule has 0 unspecified atom stereocenters. The monoisotopic (exact) mass is 299 g/mol. The number of benzene rings is 1. The topological polar surface area (TPSA) is 106 Å². The molecule has 2 aromatic heterocycles. The van der Waals surface area contributed by atoms with Crippen molar-refractivity contribution in [2.24, 2.45) is 0 Å². The van der Waals surface area contributed by atoms with Crippen LogP contribution < -0.4 is 11.1 Å². The molecule has 0 aliphatic rings. The van der Waals surface area contributed by atoms with Gasteiger partial charge in [0.1, 0.15) is 11.3 Å². The third kappa shape index (κ3) is 2.41. The Morgan fingerprint density at radius 2 is 2.14 bits per heavy atom. The fourth-order valence-electron chi connectivity index (χ4n) is 2.68. The van der Waals surface area contributed by atoms with Crippen molar-refractivity contribution in [1.29, 1.82) is 0 Å². The molecule has 22 heavy (non-hydrogen) atoms. The largest absolute Gasteiger partial charge is 0.465 e. The molecule has 3 aromatic rings. The molecule has 4 N–H and O–H groups in total. The molecule has 1 amide bonds. The van der Waals surface area contributed by atoms with Gasteiger partial charge in [-0.3, -0.25) is 0 Å². The van der Waals surface area contributed by atoms with Crippen molar-refractivity contribution in [3.63, 3.8) is 0 Å². The lowest BCUT2D eigenvalue weighted by Crippen LogP contribution is -2.23. The number of hydrogen-bond donors (Lipinski definition) is 3. The first-order chi connectivity index (χ1) is 10.6. The molecule has 114 valence electrons. The molecule has 1 aromatic carbocycles. The predicted octanol–water partition coefficient (Wildman–Crippen LogP) is 2.13. The summed E-state index contributed by atoms with van der Waals surface area (Å²) in [5.41, 5.74) is 8.50. The van der Waals surface area contributed by atoms with Gasteiger partial charge in [-0.25, -0.2) is 14.8 Å². The quantitative estimate of drug-likeness (QED) is 0.640. The van der Waals surface area contributed by atoms with Gasteiger partial charge in [0.25, 0.3) is 0 Å². The average Bonchev–Trinajstić information content (AvgIpc) is 2.81. The van der Waals surface area contributed by atoms with Crippen LogP contribution in [-0.4, -0.2) is 32.3 Å². The van der Waals surface area contributed by atoms with Gasteiger partial charge in [0, 0.05) is 18.5 Å². The van der Waals surface area contributed by atoms with Crippen molar-refractivity contribution >= 4 is 33.8 Å². The lowest BCUT2D eigenvalue weighted by molar-refractivity contribution is 0.194. The highest BCUT2D eigenvalue weighted by Crippen LogP contribution is 2.28. The molecule has 7 nitrogen and oxygen atoms in total. The van der Waals surface area contributed by atoms with E-state index in [1.54, 1.807) is 0 Å². The molecule has 0 atom stereocenters. The van der Waals surface area contributed by atoms with Crippen molar-refractivity contribution in [3.8, 4) is 0 Å². The number of nitrogens with zero attached hydrogens (tertiary/aromatic N) is 3. The number of amides is 1. The SMILES string of the molecule is Cc1nc2c(N)nc3ccccc3c2n1CCCNC(=O)O. The maximum absolute atomic E-state index is 10.5. The summed E-state index contributed by atoms with van der Waals surface area (Å²) in [6.45, 7) is 2.97. The Morgan fingerprint density at radius 1 is 1.36 bits per heavy atom. The van der Waals surface area contributed by atoms with Crippen LogP contribution in [0.1, 0.15) is 12.2 Å². The molecule has 2 heterocycles. The minimum atomic E-state index is -1.01. The van der Waals surface area contributed by atoms with Crippen LogP contribution in [0.5, 0.6) is 0 Å². The number of carboxylic acid groups (broad SMARTS) is 1. The molecule has 0 aliphatic heterocycles. The van der Waals surface area contributed by atoms with Crippen LogP contribution in [0, 0.1) is 6.92 Å². The van der Waals surface area contributed by atoms with Crippen LogP contribution >= 0.6 is 0 Å². The molecule has 0 aliphatic carbocycles. The molecule has 0 spiro atoms. The zero-order valence-corrected chi connectivity index (χ0v) is 12.2. The Bertz CT molecular complexity index is 856. The molecule has 0 fully saturated rings. The first kappa shape index (κ1) is 14.1. The van der Waals surface area contributed by atoms with Crippen molar-refractivity contribution in [1.82, 2.24) is 19.9 Å². The second kappa shape index (κ2) is 5.51. The number of para-hydroxylation sites is 1. The van der Waals surface area contributed by atoms with Gasteiger partial charge in [-0.05, 0) is 19.4 Å². The minimum absolute atomic E-state index is 0.396. The number of pyridine rings is 1. The summed E-state index contributed by atoms with van der Waals surface area (Å²) >= 11 is 0. The van der Waals surface area contributed by atoms with Crippen molar-refractivity contribution < 1.29 is 9.90 Å². The number of hydrogen-bond acceptors (Lipinski definition) is 4. The van der Waals surface area contributed by atoms with E-state index in [1.807, 2.05) is 31.2 Å². The van der Waals surface area contributed by atoms with Gasteiger partial charge >= 0.3 is 6.09 Å². The Kier molecular flexibility index (Phi) is 3.54. The number of aryl methyl sites for hydroxylation is 2. The number of nitrogen functional groups attached to an aromatic ring is 1. The number of nitrogens with two attached hydrogens (primary N) is 1. The van der Waals surface area contributed by atoms with E-state index in [9.17, 15) is 4.79 Å². The molecule has 0 radical (unpaired) electrons. The highest BCUT2D eigenvalue weighted by atomic mass is 16.4. The molecule has 0 saturated carbocycles. The van der Waals surface area contributed by atoms with Crippen LogP contribution in [0.3, 0.4) is 0 Å². The Labute approximate surface area is 126 Å². The van der Waals surface area contributed by atoms with Gasteiger partial charge in [-0.1, -0.05) is 18.2 Å². The van der Waals surface area contributed by atoms with Gasteiger partial charge in [0.05, 0.1) is 11.0 Å². The average molecular weight is 299 g/mol. The fraction of sp³-hybridized carbons (Fsp3) is 0.267. The van der Waals surface area contributed by atoms with E-state index in [0.29, 0.717) is 30.8 Å². The number of aromatic nitrogens is 3. The lowest BCUT2D eigenvalue weighted by Gasteiger charge is -2.09. The van der Waals surface area contributed by atoms with Crippen molar-refractivity contribution in [2.45, 2.75) is 19.9 Å². The van der Waals surface area contributed by atoms with Crippen LogP contribution in [0.4, 0.5) is 10.6 Å². The standard InChI is InChI=1S/C15H17N5O2/c1-9-18-12-13(20(9)8-4-7-17-15(21)22)10-5-2-3-6-11(10)19-14(12)16/h2-3,5-6,17H,4,7-8H2,1H3,(H2,16,19)(H,21,22). The van der Waals surface area contributed by atoms with Crippen molar-refractivity contribution in [3.05, 3.63) is 30.1 Å². The summed E-state index contributed by atoms with van der Waals surface area (Å²) < 4.78 is 2.07. The number of imidazole rings is 1. The maximum atomic E-state index is 10.5. The number of nitrogens with one attached hydrogen (secondary N) is 1. The molecule has 3 rings (SSSR count). The Hall–Kier alpha value is -2.83. The van der Waals surface area contributed by atoms with Crippen LogP contribution in [-0.2, 0) is 6.54 Å². The van der Waals surface area contributed by atoms with E-state index < -0.39 is 6.09 Å². The molecular formula is C15H17N5O2. The number of carbonyl (C=O) groups is 1. The first-order valence-electron chi connectivity index (χ1n) is 7.06. The summed E-state index contributed by atoms with van der Waals surface area (Å²) in [6, 6.07) is 7.80. The summed E-state index contributed by atoms with van der Waals surface area (Å²) in [4.78, 5) is 19.4. The van der Waals surface area contributed by atoms with E-state index in [4.69, 9.17) is 10.8 Å². The second-order valence-corrected chi connectivity index (χ2v) is 5.11. The van der Waals surface area contributed by atoms with Gasteiger partial charge in [0.15, 0.2) is 5.82 Å². The van der Waals surface area contributed by atoms with E-state index >= 15 is 0 Å². The minimum Gasteiger partial charge on any atom is -0.465 e. The normalized spacial score (nSPS) is 11.1. The fourth-order valence-corrected chi connectivity index (χ4v) is 2.68. The molecule has 7 heteroatoms. The first-order valence-corrected chi connectivity index (χ1v) is 7.06. The van der Waals surface area contributed by atoms with Gasteiger partial charge in [0.2, 0.25) is 0 Å². The summed E-state index contributed by atoms with van der Waals surface area (Å²) in [6.07, 6.45) is -0.332. The number of fused-ring (bicyclic) bond motifs is 3. The van der Waals surface area contributed by atoms with Crippen LogP contribution in [0.2, 0.25) is 0 Å². The smallest absolute Gasteiger partial charge is 0.404 e. The maximum Gasteiger partial charge on any atom is 0.404 e. The molecule has 0 saturated heterocycles. The predicted molar refractivity (Wildman–Crippen MR) is 84.8 cm³/mol. The lowest BCUT2D eigenvalue weighted by atomic mass is 10.2. The summed E-state index contributed by atoms with van der Waals surface area (Å²) in [5, 5.41) is 12.0. The van der Waals surface area contributed by atoms with E-state index in [2.05, 4.69) is 19.9 Å². The van der Waals surface area contributed by atoms with Gasteiger partial charge < -0.3 is 20.7 Å². The Morgan fingerprint density at radius 3 is 2.91 bits per heavy atom. The van der Waals surface area contributed by atoms with Gasteiger partial charge in [-0.2, -0.15) is 0 Å². The third-order valence-corrected chi connectivity index (χ3v) is 3.64. The summed E-state index contributed by atoms with van der Waals surface area (Å²) in [7, 11) is 0. The zero-order chi connectivity index (χ0) is 15.7. The highest BCUT2D eigenvalue weighted by molar-refractivity contribution is 6.06. The van der Waals surface area contributed by atoms with E-state index in [-0.39, 0.29) is 0 Å². The third-order valence-electron chi connectivity index (χ3n) is 3.64. The second-order valence-electron chi connectivity index (χ2n) is 5.11. The van der Waals surface area contributed by atoms with Gasteiger partial charge in [-0.15, -0.1) is 0 Å². The highest BCUT2D eigenvalue weighted by Gasteiger charge is 2.14. The zero-order valence-electron chi connectivity index (χ0n) is 12.2. The number of anilines is 1. The summed E-state index contributed by atoms with van der Waals surface area (Å²) in [5.74, 6) is 1.26. The molecular weight excluding hydrogens is 282 g/mol. The van der Waals surface area contributed by atoms with E-state index in [1.165, 1.54) is 0 Å². The van der Waals surface area contributed by atoms with Crippen LogP contribution in [0.15, 0.2) is 24.3 Å². The Balaban J connectivity index is 2.05. The van der Waals surface area contributed by atoms with E-state index in [0.717, 1.165) is 22.2 Å². The van der Waals surface area contributed by atoms with Crippen LogP contribution in [0.25, 0.3) is 21.9 Å².